The summed E-state index contributed by atoms with van der Waals surface area (Å²) in [7, 11) is 0. The van der Waals surface area contributed by atoms with E-state index in [-0.39, 0.29) is 5.56 Å². The third-order valence-corrected chi connectivity index (χ3v) is 1.63. The largest absolute Gasteiger partial charge is 0.329 e. The van der Waals surface area contributed by atoms with Crippen molar-refractivity contribution in [3.8, 4) is 0 Å². The molecule has 0 amide bonds. The molecule has 1 aromatic heterocycles. The van der Waals surface area contributed by atoms with E-state index < -0.39 is 0 Å². The number of aromatic nitrogens is 1. The molecule has 0 aliphatic carbocycles. The lowest BCUT2D eigenvalue weighted by molar-refractivity contribution is 1.10. The number of aromatic amines is 1. The Morgan fingerprint density at radius 2 is 2.30 bits per heavy atom. The highest BCUT2D eigenvalue weighted by Crippen LogP contribution is 1.96. The number of rotatable bonds is 2. The smallest absolute Gasteiger partial charge is 0.247 e. The van der Waals surface area contributed by atoms with E-state index in [0.29, 0.717) is 0 Å². The average molecular weight is 202 g/mol. The first kappa shape index (κ1) is 7.54. The fraction of sp³-hybridized carbons (Fsp3) is 0.286. The maximum Gasteiger partial charge on any atom is 0.247 e. The minimum atomic E-state index is -0.0432. The zero-order valence-electron chi connectivity index (χ0n) is 5.43. The molecule has 0 aliphatic rings. The molecular weight excluding hydrogens is 194 g/mol. The maximum atomic E-state index is 10.6. The molecule has 1 N–H and O–H groups in total. The van der Waals surface area contributed by atoms with Crippen molar-refractivity contribution in [1.82, 2.24) is 4.98 Å². The van der Waals surface area contributed by atoms with Crippen molar-refractivity contribution in [3.63, 3.8) is 0 Å². The molecule has 0 fully saturated rings. The Morgan fingerprint density at radius 3 is 2.80 bits per heavy atom. The molecule has 0 bridgehead atoms. The van der Waals surface area contributed by atoms with Gasteiger partial charge in [-0.1, -0.05) is 22.0 Å². The lowest BCUT2D eigenvalue weighted by atomic mass is 10.2. The molecule has 1 rings (SSSR count). The molecule has 0 spiro atoms. The third-order valence-electron chi connectivity index (χ3n) is 1.23. The zero-order chi connectivity index (χ0) is 7.40. The van der Waals surface area contributed by atoms with E-state index in [0.717, 1.165) is 17.3 Å². The summed E-state index contributed by atoms with van der Waals surface area (Å²) < 4.78 is 0. The molecule has 1 aromatic rings. The highest BCUT2D eigenvalue weighted by atomic mass is 79.9. The Bertz CT molecular complexity index is 236. The Labute approximate surface area is 67.4 Å². The van der Waals surface area contributed by atoms with Gasteiger partial charge in [0.05, 0.1) is 0 Å². The van der Waals surface area contributed by atoms with Crippen LogP contribution in [0.5, 0.6) is 0 Å². The van der Waals surface area contributed by atoms with Crippen LogP contribution in [0, 0.1) is 0 Å². The Morgan fingerprint density at radius 1 is 1.50 bits per heavy atom. The second-order valence-corrected chi connectivity index (χ2v) is 2.79. The van der Waals surface area contributed by atoms with Crippen LogP contribution in [0.15, 0.2) is 23.1 Å². The van der Waals surface area contributed by atoms with Gasteiger partial charge in [-0.05, 0) is 12.0 Å². The number of aryl methyl sites for hydroxylation is 1. The minimum Gasteiger partial charge on any atom is -0.329 e. The molecule has 0 unspecified atom stereocenters. The van der Waals surface area contributed by atoms with Crippen LogP contribution < -0.4 is 5.56 Å². The van der Waals surface area contributed by atoms with E-state index in [9.17, 15) is 4.79 Å². The van der Waals surface area contributed by atoms with Crippen molar-refractivity contribution < 1.29 is 0 Å². The van der Waals surface area contributed by atoms with E-state index in [4.69, 9.17) is 0 Å². The maximum absolute atomic E-state index is 10.6. The molecule has 0 aliphatic heterocycles. The molecule has 0 aromatic carbocycles. The molecule has 0 saturated carbocycles. The second-order valence-electron chi connectivity index (χ2n) is 2.00. The highest BCUT2D eigenvalue weighted by molar-refractivity contribution is 9.09. The van der Waals surface area contributed by atoms with Gasteiger partial charge in [-0.3, -0.25) is 4.79 Å². The van der Waals surface area contributed by atoms with Crippen LogP contribution in [-0.4, -0.2) is 10.3 Å². The van der Waals surface area contributed by atoms with Crippen LogP contribution in [0.25, 0.3) is 0 Å². The fourth-order valence-corrected chi connectivity index (χ4v) is 1.17. The van der Waals surface area contributed by atoms with E-state index in [1.165, 1.54) is 6.07 Å². The topological polar surface area (TPSA) is 32.9 Å². The first-order valence-electron chi connectivity index (χ1n) is 3.06. The van der Waals surface area contributed by atoms with Crippen LogP contribution in [0.3, 0.4) is 0 Å². The summed E-state index contributed by atoms with van der Waals surface area (Å²) in [4.78, 5) is 13.2. The van der Waals surface area contributed by atoms with Gasteiger partial charge in [-0.2, -0.15) is 0 Å². The first-order valence-corrected chi connectivity index (χ1v) is 4.18. The SMILES string of the molecule is O=c1ccc(CCBr)c[nH]1. The molecule has 0 saturated heterocycles. The van der Waals surface area contributed by atoms with Crippen molar-refractivity contribution in [3.05, 3.63) is 34.2 Å². The number of pyridine rings is 1. The van der Waals surface area contributed by atoms with Crippen LogP contribution in [0.2, 0.25) is 0 Å². The summed E-state index contributed by atoms with van der Waals surface area (Å²) in [5, 5.41) is 0.930. The molecular formula is C7H8BrNO. The molecule has 3 heteroatoms. The zero-order valence-corrected chi connectivity index (χ0v) is 7.02. The van der Waals surface area contributed by atoms with Crippen LogP contribution in [0.1, 0.15) is 5.56 Å². The summed E-state index contributed by atoms with van der Waals surface area (Å²) in [5.41, 5.74) is 1.11. The monoisotopic (exact) mass is 201 g/mol. The number of hydrogen-bond donors (Lipinski definition) is 1. The van der Waals surface area contributed by atoms with Gasteiger partial charge in [-0.25, -0.2) is 0 Å². The van der Waals surface area contributed by atoms with Crippen molar-refractivity contribution in [2.45, 2.75) is 6.42 Å². The minimum absolute atomic E-state index is 0.0432. The number of nitrogens with one attached hydrogen (secondary N) is 1. The van der Waals surface area contributed by atoms with Crippen LogP contribution in [-0.2, 0) is 6.42 Å². The summed E-state index contributed by atoms with van der Waals surface area (Å²) in [5.74, 6) is 0. The van der Waals surface area contributed by atoms with Crippen molar-refractivity contribution in [1.29, 1.82) is 0 Å². The number of alkyl halides is 1. The predicted octanol–water partition coefficient (Wildman–Crippen LogP) is 1.31. The summed E-state index contributed by atoms with van der Waals surface area (Å²) >= 11 is 3.31. The van der Waals surface area contributed by atoms with Crippen molar-refractivity contribution in [2.75, 3.05) is 5.33 Å². The number of hydrogen-bond acceptors (Lipinski definition) is 1. The number of halogens is 1. The van der Waals surface area contributed by atoms with E-state index in [1.54, 1.807) is 6.20 Å². The van der Waals surface area contributed by atoms with Gasteiger partial charge < -0.3 is 4.98 Å². The lowest BCUT2D eigenvalue weighted by Crippen LogP contribution is -2.02. The van der Waals surface area contributed by atoms with E-state index in [2.05, 4.69) is 20.9 Å². The Kier molecular flexibility index (Phi) is 2.68. The fourth-order valence-electron chi connectivity index (χ4n) is 0.707. The first-order chi connectivity index (χ1) is 4.83. The van der Waals surface area contributed by atoms with Crippen molar-refractivity contribution in [2.24, 2.45) is 0 Å². The molecule has 10 heavy (non-hydrogen) atoms. The average Bonchev–Trinajstić information content (AvgIpc) is 1.95. The van der Waals surface area contributed by atoms with E-state index in [1.807, 2.05) is 6.07 Å². The Balaban J connectivity index is 2.79. The summed E-state index contributed by atoms with van der Waals surface area (Å²) in [6.45, 7) is 0. The third kappa shape index (κ3) is 1.99. The quantitative estimate of drug-likeness (QED) is 0.720. The van der Waals surface area contributed by atoms with Gasteiger partial charge >= 0.3 is 0 Å². The van der Waals surface area contributed by atoms with E-state index >= 15 is 0 Å². The second kappa shape index (κ2) is 3.56. The molecule has 0 radical (unpaired) electrons. The highest BCUT2D eigenvalue weighted by Gasteiger charge is 1.88. The summed E-state index contributed by atoms with van der Waals surface area (Å²) in [6, 6.07) is 3.37. The Hall–Kier alpha value is -0.570. The molecule has 2 nitrogen and oxygen atoms in total. The predicted molar refractivity (Wildman–Crippen MR) is 44.6 cm³/mol. The van der Waals surface area contributed by atoms with Gasteiger partial charge in [0.25, 0.3) is 0 Å². The summed E-state index contributed by atoms with van der Waals surface area (Å²) in [6.07, 6.45) is 2.69. The van der Waals surface area contributed by atoms with Gasteiger partial charge in [0.15, 0.2) is 0 Å². The van der Waals surface area contributed by atoms with Crippen LogP contribution in [0.4, 0.5) is 0 Å². The van der Waals surface area contributed by atoms with Gasteiger partial charge in [0, 0.05) is 17.6 Å². The molecule has 54 valence electrons. The normalized spacial score (nSPS) is 9.70. The van der Waals surface area contributed by atoms with Gasteiger partial charge in [0.1, 0.15) is 0 Å². The van der Waals surface area contributed by atoms with Gasteiger partial charge in [0.2, 0.25) is 5.56 Å². The van der Waals surface area contributed by atoms with Crippen molar-refractivity contribution >= 4 is 15.9 Å². The standard InChI is InChI=1S/C7H8BrNO/c8-4-3-6-1-2-7(10)9-5-6/h1-2,5H,3-4H2,(H,9,10). The van der Waals surface area contributed by atoms with Gasteiger partial charge in [-0.15, -0.1) is 0 Å². The molecule has 1 heterocycles. The number of H-pyrrole nitrogens is 1. The lowest BCUT2D eigenvalue weighted by Gasteiger charge is -1.93. The molecule has 0 atom stereocenters. The van der Waals surface area contributed by atoms with Crippen LogP contribution >= 0.6 is 15.9 Å².